The lowest BCUT2D eigenvalue weighted by molar-refractivity contribution is 0.0689. The van der Waals surface area contributed by atoms with Crippen molar-refractivity contribution in [2.24, 2.45) is 0 Å². The van der Waals surface area contributed by atoms with Gasteiger partial charge < -0.3 is 14.6 Å². The molecular weight excluding hydrogens is 250 g/mol. The molecule has 1 aliphatic rings. The molecule has 7 nitrogen and oxygen atoms in total. The highest BCUT2D eigenvalue weighted by Gasteiger charge is 2.20. The Kier molecular flexibility index (Phi) is 2.59. The molecule has 1 aromatic heterocycles. The van der Waals surface area contributed by atoms with Gasteiger partial charge in [-0.2, -0.15) is 0 Å². The van der Waals surface area contributed by atoms with Crippen LogP contribution in [-0.2, 0) is 6.42 Å². The van der Waals surface area contributed by atoms with Crippen LogP contribution in [0.5, 0.6) is 11.5 Å². The number of ether oxygens (including phenoxy) is 2. The maximum Gasteiger partial charge on any atom is 0.358 e. The van der Waals surface area contributed by atoms with Crippen LogP contribution in [0.3, 0.4) is 0 Å². The van der Waals surface area contributed by atoms with Gasteiger partial charge in [0.25, 0.3) is 0 Å². The van der Waals surface area contributed by atoms with Crippen molar-refractivity contribution in [1.29, 1.82) is 0 Å². The fourth-order valence-corrected chi connectivity index (χ4v) is 2.01. The zero-order valence-corrected chi connectivity index (χ0v) is 10.2. The number of carboxylic acid groups (broad SMARTS) is 1. The largest absolute Gasteiger partial charge is 0.476 e. The van der Waals surface area contributed by atoms with Gasteiger partial charge in [-0.15, -0.1) is 5.10 Å². The summed E-state index contributed by atoms with van der Waals surface area (Å²) in [5, 5.41) is 16.6. The fourth-order valence-electron chi connectivity index (χ4n) is 2.01. The second kappa shape index (κ2) is 4.27. The predicted octanol–water partition coefficient (Wildman–Crippen LogP) is 1.26. The molecule has 98 valence electrons. The van der Waals surface area contributed by atoms with E-state index in [4.69, 9.17) is 14.6 Å². The van der Waals surface area contributed by atoms with Crippen molar-refractivity contribution in [3.8, 4) is 17.2 Å². The van der Waals surface area contributed by atoms with Gasteiger partial charge in [0.15, 0.2) is 17.2 Å². The summed E-state index contributed by atoms with van der Waals surface area (Å²) in [6.07, 6.45) is 0.517. The Balaban J connectivity index is 2.09. The number of fused-ring (bicyclic) bond motifs is 1. The van der Waals surface area contributed by atoms with E-state index in [-0.39, 0.29) is 12.5 Å². The molecule has 0 amide bonds. The highest BCUT2D eigenvalue weighted by Crippen LogP contribution is 2.33. The first kappa shape index (κ1) is 11.5. The molecule has 1 N–H and O–H groups in total. The molecule has 2 heterocycles. The maximum atomic E-state index is 11.1. The molecule has 0 radical (unpaired) electrons. The molecule has 0 saturated carbocycles. The summed E-state index contributed by atoms with van der Waals surface area (Å²) in [5.74, 6) is 0.205. The number of hydrogen-bond acceptors (Lipinski definition) is 5. The van der Waals surface area contributed by atoms with E-state index in [1.807, 2.05) is 6.92 Å². The van der Waals surface area contributed by atoms with Crippen molar-refractivity contribution in [1.82, 2.24) is 15.0 Å². The van der Waals surface area contributed by atoms with Gasteiger partial charge in [-0.1, -0.05) is 12.1 Å². The number of rotatable bonds is 3. The molecule has 0 unspecified atom stereocenters. The third-order valence-electron chi connectivity index (χ3n) is 2.90. The van der Waals surface area contributed by atoms with Crippen molar-refractivity contribution < 1.29 is 19.4 Å². The van der Waals surface area contributed by atoms with E-state index in [0.717, 1.165) is 0 Å². The summed E-state index contributed by atoms with van der Waals surface area (Å²) >= 11 is 0. The summed E-state index contributed by atoms with van der Waals surface area (Å²) in [4.78, 5) is 11.1. The van der Waals surface area contributed by atoms with Crippen molar-refractivity contribution in [3.05, 3.63) is 29.6 Å². The van der Waals surface area contributed by atoms with Gasteiger partial charge in [0, 0.05) is 6.07 Å². The van der Waals surface area contributed by atoms with Gasteiger partial charge in [-0.05, 0) is 18.6 Å². The van der Waals surface area contributed by atoms with Crippen LogP contribution < -0.4 is 9.47 Å². The van der Waals surface area contributed by atoms with Gasteiger partial charge in [-0.3, -0.25) is 0 Å². The average molecular weight is 261 g/mol. The normalized spacial score (nSPS) is 12.7. The fraction of sp³-hybridized carbons (Fsp3) is 0.250. The van der Waals surface area contributed by atoms with Crippen LogP contribution in [0.4, 0.5) is 0 Å². The summed E-state index contributed by atoms with van der Waals surface area (Å²) in [6, 6.07) is 5.30. The van der Waals surface area contributed by atoms with Crippen LogP contribution in [0.25, 0.3) is 5.69 Å². The van der Waals surface area contributed by atoms with Gasteiger partial charge in [0.2, 0.25) is 6.79 Å². The van der Waals surface area contributed by atoms with Crippen LogP contribution in [0.1, 0.15) is 23.1 Å². The number of benzene rings is 1. The van der Waals surface area contributed by atoms with Gasteiger partial charge in [-0.25, -0.2) is 9.48 Å². The molecular formula is C12H11N3O4. The summed E-state index contributed by atoms with van der Waals surface area (Å²) in [7, 11) is 0. The molecule has 0 aliphatic carbocycles. The third kappa shape index (κ3) is 1.79. The predicted molar refractivity (Wildman–Crippen MR) is 63.8 cm³/mol. The van der Waals surface area contributed by atoms with E-state index in [1.165, 1.54) is 4.68 Å². The maximum absolute atomic E-state index is 11.1. The van der Waals surface area contributed by atoms with E-state index in [0.29, 0.717) is 29.3 Å². The molecule has 19 heavy (non-hydrogen) atoms. The number of carbonyl (C=O) groups is 1. The molecule has 0 atom stereocenters. The molecule has 0 spiro atoms. The Bertz CT molecular complexity index is 650. The molecule has 1 aliphatic heterocycles. The van der Waals surface area contributed by atoms with E-state index >= 15 is 0 Å². The SMILES string of the molecule is CCc1c(C(=O)O)nnn1-c1ccc2c(c1)OCO2. The van der Waals surface area contributed by atoms with Crippen LogP contribution in [0.2, 0.25) is 0 Å². The van der Waals surface area contributed by atoms with Gasteiger partial charge in [0.1, 0.15) is 0 Å². The first-order valence-electron chi connectivity index (χ1n) is 5.78. The van der Waals surface area contributed by atoms with Gasteiger partial charge >= 0.3 is 5.97 Å². The second-order valence-electron chi connectivity index (χ2n) is 3.99. The number of aromatic carboxylic acids is 1. The minimum Gasteiger partial charge on any atom is -0.476 e. The first-order valence-corrected chi connectivity index (χ1v) is 5.78. The Labute approximate surface area is 108 Å². The van der Waals surface area contributed by atoms with E-state index < -0.39 is 5.97 Å². The van der Waals surface area contributed by atoms with Crippen molar-refractivity contribution in [2.45, 2.75) is 13.3 Å². The molecule has 0 saturated heterocycles. The standard InChI is InChI=1S/C12H11N3O4/c1-2-8-11(12(16)17)13-14-15(8)7-3-4-9-10(5-7)19-6-18-9/h3-5H,2,6H2,1H3,(H,16,17). The van der Waals surface area contributed by atoms with E-state index in [1.54, 1.807) is 18.2 Å². The van der Waals surface area contributed by atoms with Crippen LogP contribution >= 0.6 is 0 Å². The Morgan fingerprint density at radius 1 is 1.42 bits per heavy atom. The van der Waals surface area contributed by atoms with Gasteiger partial charge in [0.05, 0.1) is 11.4 Å². The zero-order valence-electron chi connectivity index (χ0n) is 10.2. The van der Waals surface area contributed by atoms with Crippen LogP contribution in [0.15, 0.2) is 18.2 Å². The van der Waals surface area contributed by atoms with Crippen molar-refractivity contribution >= 4 is 5.97 Å². The number of aromatic nitrogens is 3. The lowest BCUT2D eigenvalue weighted by Gasteiger charge is -2.05. The highest BCUT2D eigenvalue weighted by molar-refractivity contribution is 5.86. The second-order valence-corrected chi connectivity index (χ2v) is 3.99. The third-order valence-corrected chi connectivity index (χ3v) is 2.90. The summed E-state index contributed by atoms with van der Waals surface area (Å²) in [6.45, 7) is 2.05. The van der Waals surface area contributed by atoms with Crippen molar-refractivity contribution in [2.75, 3.05) is 6.79 Å². The molecule has 2 aromatic rings. The zero-order chi connectivity index (χ0) is 13.4. The smallest absolute Gasteiger partial charge is 0.358 e. The number of nitrogens with zero attached hydrogens (tertiary/aromatic N) is 3. The monoisotopic (exact) mass is 261 g/mol. The average Bonchev–Trinajstić information content (AvgIpc) is 3.03. The first-order chi connectivity index (χ1) is 9.20. The quantitative estimate of drug-likeness (QED) is 0.895. The van der Waals surface area contributed by atoms with Crippen molar-refractivity contribution in [3.63, 3.8) is 0 Å². The Morgan fingerprint density at radius 3 is 2.95 bits per heavy atom. The lowest BCUT2D eigenvalue weighted by atomic mass is 10.2. The minimum atomic E-state index is -1.08. The topological polar surface area (TPSA) is 86.5 Å². The summed E-state index contributed by atoms with van der Waals surface area (Å²) in [5.41, 5.74) is 1.22. The van der Waals surface area contributed by atoms with Crippen LogP contribution in [0, 0.1) is 0 Å². The van der Waals surface area contributed by atoms with Crippen LogP contribution in [-0.4, -0.2) is 32.9 Å². The molecule has 1 aromatic carbocycles. The highest BCUT2D eigenvalue weighted by atomic mass is 16.7. The van der Waals surface area contributed by atoms with E-state index in [9.17, 15) is 4.79 Å². The minimum absolute atomic E-state index is 0.0276. The Hall–Kier alpha value is -2.57. The number of carboxylic acids is 1. The lowest BCUT2D eigenvalue weighted by Crippen LogP contribution is -2.05. The Morgan fingerprint density at radius 2 is 2.21 bits per heavy atom. The number of hydrogen-bond donors (Lipinski definition) is 1. The molecule has 0 bridgehead atoms. The van der Waals surface area contributed by atoms with E-state index in [2.05, 4.69) is 10.3 Å². The molecule has 3 rings (SSSR count). The molecule has 0 fully saturated rings. The molecule has 7 heteroatoms. The summed E-state index contributed by atoms with van der Waals surface area (Å²) < 4.78 is 12.0.